The minimum atomic E-state index is -3.12. The van der Waals surface area contributed by atoms with Gasteiger partial charge in [0.1, 0.15) is 3.70 Å². The zero-order valence-corrected chi connectivity index (χ0v) is 59.8. The van der Waals surface area contributed by atoms with Gasteiger partial charge in [-0.2, -0.15) is 23.4 Å². The average Bonchev–Trinajstić information content (AvgIpc) is 4.01. The second-order valence-corrected chi connectivity index (χ2v) is 20.4. The van der Waals surface area contributed by atoms with Crippen LogP contribution in [-0.4, -0.2) is 49.6 Å². The van der Waals surface area contributed by atoms with E-state index in [1.165, 1.54) is 40.8 Å². The number of hydrogen-bond acceptors (Lipinski definition) is 9. The number of benzene rings is 5. The molecule has 21 heteroatoms. The average molecular weight is 1550 g/mol. The van der Waals surface area contributed by atoms with Crippen molar-refractivity contribution >= 4 is 128 Å². The molecular formula is C56H47Br4I2KLi2N4NaO6P. The predicted molar refractivity (Wildman–Crippen MR) is 310 cm³/mol. The van der Waals surface area contributed by atoms with E-state index in [0.29, 0.717) is 22.3 Å². The van der Waals surface area contributed by atoms with E-state index >= 15 is 0 Å². The van der Waals surface area contributed by atoms with Gasteiger partial charge in [-0.15, -0.1) is 0 Å². The number of ether oxygens (including phenoxy) is 1. The normalized spacial score (nSPS) is 11.1. The fourth-order valence-electron chi connectivity index (χ4n) is 6.95. The molecule has 1 aliphatic carbocycles. The monoisotopic (exact) mass is 1550 g/mol. The summed E-state index contributed by atoms with van der Waals surface area (Å²) in [5.74, 6) is -0.128. The van der Waals surface area contributed by atoms with Gasteiger partial charge in [-0.25, -0.2) is 4.98 Å². The molecule has 0 saturated carbocycles. The molecule has 1 N–H and O–H groups in total. The standard InChI is InChI=1S/C24H14Br2N2.C14H8O2.C5H3BrIN.C5H3BrN.C4H8O.C4H9.HI.K.2Li.Na.HO3P.H/c25-15-9-11-21(27-13-15)23-17-5-1-2-6-18(17)24(20-8-4-3-7-19(20)23)22-12-10-16(26)14-28-22;15-13-9-5-1-2-6-10(9)14(16)12-8-4-3-7-11(12)13;6-4-1-2-5(7)8-3-4;6-5-2-1-3-7-4-5;1-2-4-5-3-1;1-3-4-2;;;;;;1-4(2)3;/h1-14H;1-8H;1-3H;1-2,4H;1-4H2;1,3-4H2,2H3;1H;;;;;(H,1,2,3);/q;;;-1;;-1;;4*+1;;-1/p-1. The Morgan fingerprint density at radius 2 is 0.948 bits per heavy atom. The van der Waals surface area contributed by atoms with E-state index < -0.39 is 8.25 Å². The first kappa shape index (κ1) is 76.8. The van der Waals surface area contributed by atoms with Gasteiger partial charge < -0.3 is 46.9 Å². The van der Waals surface area contributed by atoms with Crippen molar-refractivity contribution in [2.24, 2.45) is 0 Å². The van der Waals surface area contributed by atoms with Gasteiger partial charge >= 0.3 is 127 Å². The van der Waals surface area contributed by atoms with Crippen molar-refractivity contribution in [1.29, 1.82) is 0 Å². The molecule has 1 unspecified atom stereocenters. The first-order chi connectivity index (χ1) is 34.8. The molecule has 0 radical (unpaired) electrons. The Bertz CT molecular complexity index is 2910. The van der Waals surface area contributed by atoms with Crippen molar-refractivity contribution in [2.75, 3.05) is 13.2 Å². The minimum absolute atomic E-state index is 0. The van der Waals surface area contributed by atoms with Crippen LogP contribution in [0, 0.1) is 16.8 Å². The van der Waals surface area contributed by atoms with Crippen molar-refractivity contribution in [2.45, 2.75) is 32.6 Å². The van der Waals surface area contributed by atoms with E-state index in [-0.39, 0.29) is 156 Å². The second-order valence-electron chi connectivity index (χ2n) is 15.1. The zero-order valence-electron chi connectivity index (χ0n) is 44.1. The Balaban J connectivity index is 0. The molecule has 1 atom stereocenters. The zero-order chi connectivity index (χ0) is 51.8. The molecule has 5 aromatic carbocycles. The summed E-state index contributed by atoms with van der Waals surface area (Å²) in [5, 5.41) is 4.71. The number of fused-ring (bicyclic) bond motifs is 4. The molecule has 4 aromatic heterocycles. The third-order valence-corrected chi connectivity index (χ3v) is 12.7. The van der Waals surface area contributed by atoms with E-state index in [0.717, 1.165) is 63.7 Å². The number of hydrogen-bond donors (Lipinski definition) is 1. The van der Waals surface area contributed by atoms with Crippen molar-refractivity contribution < 1.29 is 173 Å². The molecule has 0 bridgehead atoms. The number of pyridine rings is 4. The van der Waals surface area contributed by atoms with Gasteiger partial charge in [0.15, 0.2) is 11.6 Å². The van der Waals surface area contributed by atoms with Gasteiger partial charge in [-0.3, -0.25) is 19.6 Å². The molecule has 9 aromatic rings. The fraction of sp³-hybridized carbons (Fsp3) is 0.125. The number of aromatic nitrogens is 4. The van der Waals surface area contributed by atoms with Gasteiger partial charge in [-0.1, -0.05) is 143 Å². The molecule has 0 amide bonds. The summed E-state index contributed by atoms with van der Waals surface area (Å²) in [6.07, 6.45) is 14.7. The Labute approximate surface area is 606 Å². The quantitative estimate of drug-likeness (QED) is 0.0670. The third-order valence-electron chi connectivity index (χ3n) is 10.2. The van der Waals surface area contributed by atoms with Crippen molar-refractivity contribution in [1.82, 2.24) is 19.9 Å². The first-order valence-electron chi connectivity index (χ1n) is 22.2. The van der Waals surface area contributed by atoms with Crippen LogP contribution in [-0.2, 0) is 9.30 Å². The molecule has 1 fully saturated rings. The topological polar surface area (TPSA) is 155 Å². The van der Waals surface area contributed by atoms with Crippen LogP contribution in [0.25, 0.3) is 44.1 Å². The molecule has 0 spiro atoms. The molecule has 77 heavy (non-hydrogen) atoms. The van der Waals surface area contributed by atoms with Crippen LogP contribution >= 0.6 is 94.6 Å². The van der Waals surface area contributed by atoms with Crippen LogP contribution in [0.3, 0.4) is 0 Å². The molecule has 11 rings (SSSR count). The number of nitrogens with zero attached hydrogens (tertiary/aromatic N) is 4. The summed E-state index contributed by atoms with van der Waals surface area (Å²) in [6, 6.07) is 46.7. The predicted octanol–water partition coefficient (Wildman–Crippen LogP) is 0.743. The van der Waals surface area contributed by atoms with Gasteiger partial charge in [0, 0.05) is 78.6 Å². The van der Waals surface area contributed by atoms with E-state index in [2.05, 4.69) is 177 Å². The first-order valence-corrected chi connectivity index (χ1v) is 27.6. The van der Waals surface area contributed by atoms with Crippen molar-refractivity contribution in [3.8, 4) is 22.5 Å². The third kappa shape index (κ3) is 25.2. The number of carbonyl (C=O) groups excluding carboxylic acids is 2. The summed E-state index contributed by atoms with van der Waals surface area (Å²) < 4.78 is 18.5. The SMILES string of the molecule is Brc1cc[c-]nc1.Brc1ccc(-c2c3ccccc3c(-c3ccc(Br)cn3)c3ccccc23)nc1.Brc1ccc(I)nc1.C1CCOC1.O=C1c2ccccc2C(=O)c2ccccc21.O=[P+]([O-])O.[CH2-]CCC.[H-].[I-].[K+].[Li+].[Li+].[Na+]. The smallest absolute Gasteiger partial charge is 1.00 e. The summed E-state index contributed by atoms with van der Waals surface area (Å²) in [6.45, 7) is 7.72. The van der Waals surface area contributed by atoms with Crippen LogP contribution in [0.5, 0.6) is 0 Å². The Morgan fingerprint density at radius 1 is 0.623 bits per heavy atom. The molecule has 10 nitrogen and oxygen atoms in total. The Hall–Kier alpha value is -0.249. The molecule has 1 saturated heterocycles. The van der Waals surface area contributed by atoms with Gasteiger partial charge in [0.05, 0.1) is 11.4 Å². The van der Waals surface area contributed by atoms with Crippen LogP contribution in [0.2, 0.25) is 0 Å². The van der Waals surface area contributed by atoms with E-state index in [1.807, 2.05) is 42.7 Å². The summed E-state index contributed by atoms with van der Waals surface area (Å²) >= 11 is 15.7. The molecule has 5 heterocycles. The minimum Gasteiger partial charge on any atom is -1.00 e. The molecule has 1 aliphatic heterocycles. The molecule has 378 valence electrons. The summed E-state index contributed by atoms with van der Waals surface area (Å²) in [5.41, 5.74) is 6.26. The molecular weight excluding hydrogens is 1510 g/mol. The summed E-state index contributed by atoms with van der Waals surface area (Å²) in [7, 11) is -3.12. The van der Waals surface area contributed by atoms with Crippen molar-refractivity contribution in [3.63, 3.8) is 0 Å². The Kier molecular flexibility index (Phi) is 42.4. The van der Waals surface area contributed by atoms with Crippen LogP contribution in [0.15, 0.2) is 188 Å². The van der Waals surface area contributed by atoms with Crippen LogP contribution < -0.4 is 148 Å². The van der Waals surface area contributed by atoms with Crippen LogP contribution in [0.4, 0.5) is 0 Å². The maximum absolute atomic E-state index is 12.1. The van der Waals surface area contributed by atoms with Gasteiger partial charge in [-0.05, 0) is 146 Å². The number of carbonyl (C=O) groups is 2. The fourth-order valence-corrected chi connectivity index (χ4v) is 8.20. The number of ketones is 2. The largest absolute Gasteiger partial charge is 1.00 e. The van der Waals surface area contributed by atoms with E-state index in [1.54, 1.807) is 67.0 Å². The number of rotatable bonds is 3. The Morgan fingerprint density at radius 3 is 1.17 bits per heavy atom. The van der Waals surface area contributed by atoms with Gasteiger partial charge in [0.25, 0.3) is 0 Å². The maximum atomic E-state index is 12.1. The number of unbranched alkanes of at least 4 members (excludes halogenated alkanes) is 1. The number of halogens is 6. The molecule has 2 aliphatic rings. The van der Waals surface area contributed by atoms with E-state index in [9.17, 15) is 9.59 Å². The van der Waals surface area contributed by atoms with E-state index in [4.69, 9.17) is 29.1 Å². The second kappa shape index (κ2) is 42.5. The van der Waals surface area contributed by atoms with Crippen molar-refractivity contribution in [3.05, 3.63) is 227 Å². The van der Waals surface area contributed by atoms with Gasteiger partial charge in [0.2, 0.25) is 0 Å². The van der Waals surface area contributed by atoms with Crippen LogP contribution in [0.1, 0.15) is 65.9 Å². The maximum Gasteiger partial charge on any atom is 1.00 e. The summed E-state index contributed by atoms with van der Waals surface area (Å²) in [4.78, 5) is 56.9.